The van der Waals surface area contributed by atoms with E-state index in [2.05, 4.69) is 29.8 Å². The lowest BCUT2D eigenvalue weighted by atomic mass is 9.69. The molecule has 2 aromatic rings. The molecule has 4 rings (SSSR count). The molecule has 8 nitrogen and oxygen atoms in total. The zero-order valence-corrected chi connectivity index (χ0v) is 18.3. The van der Waals surface area contributed by atoms with Crippen LogP contribution in [-0.2, 0) is 4.79 Å². The van der Waals surface area contributed by atoms with Crippen molar-refractivity contribution in [2.45, 2.75) is 45.1 Å². The van der Waals surface area contributed by atoms with Crippen molar-refractivity contribution in [2.24, 2.45) is 11.3 Å². The molecule has 2 aromatic carbocycles. The standard InChI is InChI=1S/C24H28N4O4/c1-24(2,13-25-23(30)15-6-8-16(9-7-15)26-14-29)22-19-5-3-4-18(19)20-12-17(28(31)32)10-11-21(20)27-22/h6-12,14,18-19,22,27H,3-5,13H2,1-2H3,(H,25,30)(H,26,29). The van der Waals surface area contributed by atoms with Crippen LogP contribution in [0.25, 0.3) is 0 Å². The highest BCUT2D eigenvalue weighted by Crippen LogP contribution is 2.52. The van der Waals surface area contributed by atoms with Gasteiger partial charge in [0.15, 0.2) is 0 Å². The maximum Gasteiger partial charge on any atom is 0.269 e. The van der Waals surface area contributed by atoms with Crippen LogP contribution in [0.4, 0.5) is 17.1 Å². The Bertz CT molecular complexity index is 1030. The van der Waals surface area contributed by atoms with E-state index in [-0.39, 0.29) is 28.0 Å². The molecule has 1 aliphatic heterocycles. The average Bonchev–Trinajstić information content (AvgIpc) is 3.27. The number of nitrogens with one attached hydrogen (secondary N) is 3. The van der Waals surface area contributed by atoms with Crippen LogP contribution < -0.4 is 16.0 Å². The van der Waals surface area contributed by atoms with Crippen LogP contribution in [0.1, 0.15) is 54.9 Å². The van der Waals surface area contributed by atoms with Crippen LogP contribution in [0.3, 0.4) is 0 Å². The maximum absolute atomic E-state index is 12.7. The third kappa shape index (κ3) is 4.17. The molecule has 2 amide bonds. The van der Waals surface area contributed by atoms with Gasteiger partial charge < -0.3 is 16.0 Å². The number of nitro groups is 1. The van der Waals surface area contributed by atoms with E-state index in [0.717, 1.165) is 30.5 Å². The van der Waals surface area contributed by atoms with Gasteiger partial charge in [0.25, 0.3) is 11.6 Å². The van der Waals surface area contributed by atoms with Crippen LogP contribution in [0.2, 0.25) is 0 Å². The van der Waals surface area contributed by atoms with Crippen molar-refractivity contribution < 1.29 is 14.5 Å². The predicted molar refractivity (Wildman–Crippen MR) is 123 cm³/mol. The highest BCUT2D eigenvalue weighted by Gasteiger charge is 2.46. The molecule has 168 valence electrons. The number of nitro benzene ring substituents is 1. The van der Waals surface area contributed by atoms with Crippen molar-refractivity contribution in [3.8, 4) is 0 Å². The van der Waals surface area contributed by atoms with Crippen molar-refractivity contribution in [1.29, 1.82) is 0 Å². The molecule has 0 aromatic heterocycles. The average molecular weight is 437 g/mol. The molecule has 8 heteroatoms. The first-order valence-corrected chi connectivity index (χ1v) is 10.9. The van der Waals surface area contributed by atoms with Crippen molar-refractivity contribution in [3.63, 3.8) is 0 Å². The summed E-state index contributed by atoms with van der Waals surface area (Å²) in [5.41, 5.74) is 3.07. The molecule has 3 unspecified atom stereocenters. The fourth-order valence-electron chi connectivity index (χ4n) is 5.23. The Labute approximate surface area is 186 Å². The second-order valence-corrected chi connectivity index (χ2v) is 9.36. The van der Waals surface area contributed by atoms with Gasteiger partial charge in [-0.15, -0.1) is 0 Å². The van der Waals surface area contributed by atoms with E-state index in [0.29, 0.717) is 36.0 Å². The molecule has 0 spiro atoms. The first-order valence-electron chi connectivity index (χ1n) is 10.9. The van der Waals surface area contributed by atoms with Crippen LogP contribution in [-0.4, -0.2) is 29.8 Å². The van der Waals surface area contributed by atoms with Crippen molar-refractivity contribution in [3.05, 3.63) is 63.7 Å². The minimum absolute atomic E-state index is 0.135. The molecule has 0 radical (unpaired) electrons. The zero-order valence-electron chi connectivity index (χ0n) is 18.3. The Morgan fingerprint density at radius 2 is 1.97 bits per heavy atom. The van der Waals surface area contributed by atoms with E-state index in [9.17, 15) is 19.7 Å². The van der Waals surface area contributed by atoms with E-state index in [1.807, 2.05) is 6.07 Å². The second-order valence-electron chi connectivity index (χ2n) is 9.36. The summed E-state index contributed by atoms with van der Waals surface area (Å²) in [5.74, 6) is 0.500. The first-order chi connectivity index (χ1) is 15.3. The molecule has 1 aliphatic carbocycles. The van der Waals surface area contributed by atoms with Crippen LogP contribution in [0.15, 0.2) is 42.5 Å². The summed E-state index contributed by atoms with van der Waals surface area (Å²) in [4.78, 5) is 34.1. The number of benzene rings is 2. The topological polar surface area (TPSA) is 113 Å². The fourth-order valence-corrected chi connectivity index (χ4v) is 5.23. The number of amides is 2. The normalized spacial score (nSPS) is 21.6. The molecule has 0 bridgehead atoms. The SMILES string of the molecule is CC(C)(CNC(=O)c1ccc(NC=O)cc1)C1Nc2ccc([N+](=O)[O-])cc2C2CCCC21. The minimum atomic E-state index is -0.336. The number of anilines is 2. The molecule has 1 heterocycles. The number of rotatable bonds is 7. The van der Waals surface area contributed by atoms with Crippen LogP contribution in [0, 0.1) is 21.4 Å². The molecular weight excluding hydrogens is 408 g/mol. The van der Waals surface area contributed by atoms with Gasteiger partial charge in [0.05, 0.1) is 4.92 Å². The highest BCUT2D eigenvalue weighted by atomic mass is 16.6. The Morgan fingerprint density at radius 3 is 2.66 bits per heavy atom. The molecule has 1 fully saturated rings. The largest absolute Gasteiger partial charge is 0.381 e. The van der Waals surface area contributed by atoms with E-state index in [4.69, 9.17) is 0 Å². The number of nitrogens with zero attached hydrogens (tertiary/aromatic N) is 1. The van der Waals surface area contributed by atoms with Crippen LogP contribution in [0.5, 0.6) is 0 Å². The summed E-state index contributed by atoms with van der Waals surface area (Å²) in [6.45, 7) is 4.78. The summed E-state index contributed by atoms with van der Waals surface area (Å²) in [6.07, 6.45) is 3.79. The predicted octanol–water partition coefficient (Wildman–Crippen LogP) is 4.30. The highest BCUT2D eigenvalue weighted by molar-refractivity contribution is 5.94. The minimum Gasteiger partial charge on any atom is -0.381 e. The van der Waals surface area contributed by atoms with Gasteiger partial charge in [0, 0.05) is 47.1 Å². The van der Waals surface area contributed by atoms with E-state index >= 15 is 0 Å². The van der Waals surface area contributed by atoms with Gasteiger partial charge in [0.2, 0.25) is 6.41 Å². The van der Waals surface area contributed by atoms with Gasteiger partial charge in [0.1, 0.15) is 0 Å². The molecule has 1 saturated carbocycles. The first kappa shape index (κ1) is 21.8. The Kier molecular flexibility index (Phi) is 5.86. The van der Waals surface area contributed by atoms with E-state index < -0.39 is 0 Å². The number of non-ortho nitro benzene ring substituents is 1. The van der Waals surface area contributed by atoms with Crippen molar-refractivity contribution >= 4 is 29.4 Å². The summed E-state index contributed by atoms with van der Waals surface area (Å²) in [5, 5.41) is 20.5. The monoisotopic (exact) mass is 436 g/mol. The van der Waals surface area contributed by atoms with Gasteiger partial charge in [-0.3, -0.25) is 19.7 Å². The molecule has 3 atom stereocenters. The van der Waals surface area contributed by atoms with Crippen LogP contribution >= 0.6 is 0 Å². The Hall–Kier alpha value is -3.42. The number of carbonyl (C=O) groups excluding carboxylic acids is 2. The fraction of sp³-hybridized carbons (Fsp3) is 0.417. The number of hydrogen-bond acceptors (Lipinski definition) is 5. The molecule has 3 N–H and O–H groups in total. The Balaban J connectivity index is 1.49. The number of hydrogen-bond donors (Lipinski definition) is 3. The summed E-state index contributed by atoms with van der Waals surface area (Å²) >= 11 is 0. The summed E-state index contributed by atoms with van der Waals surface area (Å²) in [7, 11) is 0. The van der Waals surface area contributed by atoms with Gasteiger partial charge in [-0.1, -0.05) is 20.3 Å². The van der Waals surface area contributed by atoms with Gasteiger partial charge >= 0.3 is 0 Å². The summed E-state index contributed by atoms with van der Waals surface area (Å²) in [6, 6.07) is 12.0. The molecule has 32 heavy (non-hydrogen) atoms. The van der Waals surface area contributed by atoms with Gasteiger partial charge in [-0.05, 0) is 60.6 Å². The lowest BCUT2D eigenvalue weighted by Gasteiger charge is -2.45. The lowest BCUT2D eigenvalue weighted by Crippen LogP contribution is -2.51. The quantitative estimate of drug-likeness (QED) is 0.340. The molecule has 0 saturated heterocycles. The smallest absolute Gasteiger partial charge is 0.269 e. The zero-order chi connectivity index (χ0) is 22.9. The van der Waals surface area contributed by atoms with Crippen molar-refractivity contribution in [1.82, 2.24) is 5.32 Å². The van der Waals surface area contributed by atoms with Gasteiger partial charge in [-0.25, -0.2) is 0 Å². The second kappa shape index (κ2) is 8.61. The van der Waals surface area contributed by atoms with E-state index in [1.54, 1.807) is 36.4 Å². The number of fused-ring (bicyclic) bond motifs is 3. The van der Waals surface area contributed by atoms with E-state index in [1.165, 1.54) is 0 Å². The number of carbonyl (C=O) groups is 2. The maximum atomic E-state index is 12.7. The van der Waals surface area contributed by atoms with Crippen molar-refractivity contribution in [2.75, 3.05) is 17.2 Å². The lowest BCUT2D eigenvalue weighted by molar-refractivity contribution is -0.384. The third-order valence-electron chi connectivity index (χ3n) is 6.87. The molecular formula is C24H28N4O4. The van der Waals surface area contributed by atoms with Gasteiger partial charge in [-0.2, -0.15) is 0 Å². The molecule has 2 aliphatic rings. The third-order valence-corrected chi connectivity index (χ3v) is 6.87. The Morgan fingerprint density at radius 1 is 1.22 bits per heavy atom. The summed E-state index contributed by atoms with van der Waals surface area (Å²) < 4.78 is 0.